The molecule has 0 unspecified atom stereocenters. The summed E-state index contributed by atoms with van der Waals surface area (Å²) in [5.41, 5.74) is 7.25. The Morgan fingerprint density at radius 2 is 1.71 bits per heavy atom. The Labute approximate surface area is 141 Å². The molecule has 0 amide bonds. The molecule has 0 bridgehead atoms. The van der Waals surface area contributed by atoms with Gasteiger partial charge in [-0.15, -0.1) is 0 Å². The van der Waals surface area contributed by atoms with Crippen molar-refractivity contribution in [3.8, 4) is 0 Å². The number of nitrogen functional groups attached to an aromatic ring is 1. The van der Waals surface area contributed by atoms with E-state index in [4.69, 9.17) is 28.9 Å². The summed E-state index contributed by atoms with van der Waals surface area (Å²) >= 11 is 15.2. The number of halogens is 3. The van der Waals surface area contributed by atoms with Crippen molar-refractivity contribution in [1.29, 1.82) is 0 Å². The lowest BCUT2D eigenvalue weighted by Crippen LogP contribution is -2.14. The standard InChI is InChI=1S/C13H11BrCl2N2O2S/c1-7-2-3-9(6-10(7)14)18-21(19,20)13-11(15)4-8(17)5-12(13)16/h2-6,18H,17H2,1H3. The monoisotopic (exact) mass is 408 g/mol. The Morgan fingerprint density at radius 3 is 2.24 bits per heavy atom. The molecule has 21 heavy (non-hydrogen) atoms. The summed E-state index contributed by atoms with van der Waals surface area (Å²) in [6.07, 6.45) is 0. The predicted octanol–water partition coefficient (Wildman–Crippen LogP) is 4.45. The molecule has 4 nitrogen and oxygen atoms in total. The maximum Gasteiger partial charge on any atom is 0.264 e. The summed E-state index contributed by atoms with van der Waals surface area (Å²) in [4.78, 5) is -0.197. The van der Waals surface area contributed by atoms with Crippen molar-refractivity contribution in [1.82, 2.24) is 0 Å². The molecule has 0 aliphatic rings. The number of nitrogens with one attached hydrogen (secondary N) is 1. The largest absolute Gasteiger partial charge is 0.399 e. The highest BCUT2D eigenvalue weighted by Crippen LogP contribution is 2.33. The molecular weight excluding hydrogens is 399 g/mol. The topological polar surface area (TPSA) is 72.2 Å². The van der Waals surface area contributed by atoms with E-state index >= 15 is 0 Å². The van der Waals surface area contributed by atoms with Crippen molar-refractivity contribution < 1.29 is 8.42 Å². The number of hydrogen-bond donors (Lipinski definition) is 2. The maximum atomic E-state index is 12.4. The van der Waals surface area contributed by atoms with Gasteiger partial charge in [0.25, 0.3) is 10.0 Å². The van der Waals surface area contributed by atoms with Crippen LogP contribution in [0.2, 0.25) is 10.0 Å². The molecule has 0 spiro atoms. The van der Waals surface area contributed by atoms with E-state index in [9.17, 15) is 8.42 Å². The highest BCUT2D eigenvalue weighted by atomic mass is 79.9. The van der Waals surface area contributed by atoms with E-state index in [1.807, 2.05) is 6.92 Å². The van der Waals surface area contributed by atoms with Gasteiger partial charge in [0.15, 0.2) is 0 Å². The lowest BCUT2D eigenvalue weighted by molar-refractivity contribution is 0.601. The number of sulfonamides is 1. The second-order valence-corrected chi connectivity index (χ2v) is 7.67. The van der Waals surface area contributed by atoms with E-state index in [0.717, 1.165) is 10.0 Å². The SMILES string of the molecule is Cc1ccc(NS(=O)(=O)c2c(Cl)cc(N)cc2Cl)cc1Br. The Morgan fingerprint density at radius 1 is 1.14 bits per heavy atom. The fourth-order valence-electron chi connectivity index (χ4n) is 1.70. The average Bonchev–Trinajstić information content (AvgIpc) is 2.31. The van der Waals surface area contributed by atoms with Crippen molar-refractivity contribution in [3.63, 3.8) is 0 Å². The Balaban J connectivity index is 2.46. The van der Waals surface area contributed by atoms with Gasteiger partial charge in [-0.05, 0) is 36.8 Å². The molecule has 0 radical (unpaired) electrons. The number of nitrogens with two attached hydrogens (primary N) is 1. The van der Waals surface area contributed by atoms with Crippen LogP contribution in [0.5, 0.6) is 0 Å². The van der Waals surface area contributed by atoms with Crippen LogP contribution in [0.15, 0.2) is 39.7 Å². The molecule has 0 saturated heterocycles. The zero-order valence-corrected chi connectivity index (χ0v) is 14.7. The molecule has 3 N–H and O–H groups in total. The van der Waals surface area contributed by atoms with Gasteiger partial charge >= 0.3 is 0 Å². The van der Waals surface area contributed by atoms with Crippen LogP contribution in [0.25, 0.3) is 0 Å². The molecular formula is C13H11BrCl2N2O2S. The van der Waals surface area contributed by atoms with Gasteiger partial charge in [0, 0.05) is 15.8 Å². The van der Waals surface area contributed by atoms with E-state index in [1.54, 1.807) is 18.2 Å². The number of aryl methyl sites for hydroxylation is 1. The second-order valence-electron chi connectivity index (χ2n) is 4.38. The van der Waals surface area contributed by atoms with Crippen LogP contribution in [0.4, 0.5) is 11.4 Å². The smallest absolute Gasteiger partial charge is 0.264 e. The molecule has 0 heterocycles. The molecule has 0 aliphatic carbocycles. The maximum absolute atomic E-state index is 12.4. The van der Waals surface area contributed by atoms with Crippen LogP contribution in [0, 0.1) is 6.92 Å². The average molecular weight is 410 g/mol. The van der Waals surface area contributed by atoms with Crippen molar-refractivity contribution >= 4 is 60.5 Å². The normalized spacial score (nSPS) is 11.4. The molecule has 8 heteroatoms. The van der Waals surface area contributed by atoms with Gasteiger partial charge in [-0.25, -0.2) is 8.42 Å². The summed E-state index contributed by atoms with van der Waals surface area (Å²) in [5, 5.41) is -0.0580. The third kappa shape index (κ3) is 3.63. The fraction of sp³-hybridized carbons (Fsp3) is 0.0769. The molecule has 0 aromatic heterocycles. The van der Waals surface area contributed by atoms with Gasteiger partial charge in [-0.1, -0.05) is 45.2 Å². The molecule has 2 aromatic rings. The molecule has 0 aliphatic heterocycles. The Bertz CT molecular complexity index is 787. The van der Waals surface area contributed by atoms with Gasteiger partial charge in [0.05, 0.1) is 10.0 Å². The number of anilines is 2. The van der Waals surface area contributed by atoms with Gasteiger partial charge in [-0.2, -0.15) is 0 Å². The van der Waals surface area contributed by atoms with Crippen LogP contribution >= 0.6 is 39.1 Å². The van der Waals surface area contributed by atoms with Gasteiger partial charge in [0.2, 0.25) is 0 Å². The first-order chi connectivity index (χ1) is 9.70. The molecule has 0 saturated carbocycles. The van der Waals surface area contributed by atoms with Crippen molar-refractivity contribution in [2.24, 2.45) is 0 Å². The third-order valence-corrected chi connectivity index (χ3v) is 5.87. The molecule has 2 aromatic carbocycles. The van der Waals surface area contributed by atoms with Crippen LogP contribution in [-0.4, -0.2) is 8.42 Å². The minimum Gasteiger partial charge on any atom is -0.399 e. The number of rotatable bonds is 3. The molecule has 0 atom stereocenters. The van der Waals surface area contributed by atoms with E-state index in [1.165, 1.54) is 12.1 Å². The Kier molecular flexibility index (Phi) is 4.72. The third-order valence-electron chi connectivity index (χ3n) is 2.71. The van der Waals surface area contributed by atoms with E-state index in [0.29, 0.717) is 11.4 Å². The summed E-state index contributed by atoms with van der Waals surface area (Å²) in [6.45, 7) is 1.90. The number of benzene rings is 2. The van der Waals surface area contributed by atoms with Crippen molar-refractivity contribution in [2.45, 2.75) is 11.8 Å². The van der Waals surface area contributed by atoms with Crippen molar-refractivity contribution in [3.05, 3.63) is 50.4 Å². The summed E-state index contributed by atoms with van der Waals surface area (Å²) in [6, 6.07) is 7.77. The predicted molar refractivity (Wildman–Crippen MR) is 90.6 cm³/mol. The number of hydrogen-bond acceptors (Lipinski definition) is 3. The second kappa shape index (κ2) is 6.04. The van der Waals surface area contributed by atoms with Gasteiger partial charge in [-0.3, -0.25) is 4.72 Å². The highest BCUT2D eigenvalue weighted by molar-refractivity contribution is 9.10. The highest BCUT2D eigenvalue weighted by Gasteiger charge is 2.22. The first kappa shape index (κ1) is 16.4. The van der Waals surface area contributed by atoms with E-state index in [2.05, 4.69) is 20.7 Å². The van der Waals surface area contributed by atoms with Crippen LogP contribution in [-0.2, 0) is 10.0 Å². The fourth-order valence-corrected chi connectivity index (χ4v) is 4.36. The van der Waals surface area contributed by atoms with Gasteiger partial charge < -0.3 is 5.73 Å². The zero-order valence-electron chi connectivity index (χ0n) is 10.8. The first-order valence-corrected chi connectivity index (χ1v) is 8.77. The lowest BCUT2D eigenvalue weighted by atomic mass is 10.2. The van der Waals surface area contributed by atoms with Crippen molar-refractivity contribution in [2.75, 3.05) is 10.5 Å². The van der Waals surface area contributed by atoms with Crippen LogP contribution < -0.4 is 10.5 Å². The molecule has 2 rings (SSSR count). The minimum absolute atomic E-state index is 0.0290. The lowest BCUT2D eigenvalue weighted by Gasteiger charge is -2.12. The summed E-state index contributed by atoms with van der Waals surface area (Å²) in [5.74, 6) is 0. The zero-order chi connectivity index (χ0) is 15.8. The van der Waals surface area contributed by atoms with Crippen LogP contribution in [0.3, 0.4) is 0 Å². The quantitative estimate of drug-likeness (QED) is 0.735. The van der Waals surface area contributed by atoms with Crippen LogP contribution in [0.1, 0.15) is 5.56 Å². The van der Waals surface area contributed by atoms with E-state index in [-0.39, 0.29) is 14.9 Å². The summed E-state index contributed by atoms with van der Waals surface area (Å²) < 4.78 is 28.1. The molecule has 112 valence electrons. The van der Waals surface area contributed by atoms with Gasteiger partial charge in [0.1, 0.15) is 4.90 Å². The first-order valence-electron chi connectivity index (χ1n) is 5.74. The summed E-state index contributed by atoms with van der Waals surface area (Å²) in [7, 11) is -3.91. The minimum atomic E-state index is -3.91. The Hall–Kier alpha value is -0.950. The van der Waals surface area contributed by atoms with E-state index < -0.39 is 10.0 Å². The molecule has 0 fully saturated rings.